The highest BCUT2D eigenvalue weighted by molar-refractivity contribution is 5.20. The van der Waals surface area contributed by atoms with Crippen LogP contribution in [0.3, 0.4) is 0 Å². The van der Waals surface area contributed by atoms with Gasteiger partial charge in [-0.1, -0.05) is 30.3 Å². The summed E-state index contributed by atoms with van der Waals surface area (Å²) in [5.41, 5.74) is 1.58. The van der Waals surface area contributed by atoms with Gasteiger partial charge in [0.2, 0.25) is 0 Å². The van der Waals surface area contributed by atoms with E-state index in [1.807, 2.05) is 0 Å². The van der Waals surface area contributed by atoms with Gasteiger partial charge < -0.3 is 9.84 Å². The molecule has 1 aromatic rings. The lowest BCUT2D eigenvalue weighted by molar-refractivity contribution is -0.126. The lowest BCUT2D eigenvalue weighted by atomic mass is 9.52. The lowest BCUT2D eigenvalue weighted by Crippen LogP contribution is -2.60. The molecule has 124 valence electrons. The van der Waals surface area contributed by atoms with Crippen LogP contribution in [0.5, 0.6) is 0 Å². The molecule has 0 aromatic heterocycles. The summed E-state index contributed by atoms with van der Waals surface area (Å²) in [5, 5.41) is 9.68. The van der Waals surface area contributed by atoms with Gasteiger partial charge in [-0.2, -0.15) is 0 Å². The Kier molecular flexibility index (Phi) is 3.33. The van der Waals surface area contributed by atoms with E-state index in [4.69, 9.17) is 4.74 Å². The highest BCUT2D eigenvalue weighted by Gasteiger charge is 2.56. The van der Waals surface area contributed by atoms with Gasteiger partial charge in [0, 0.05) is 12.1 Å². The Hall–Kier alpha value is -0.900. The highest BCUT2D eigenvalue weighted by Crippen LogP contribution is 2.59. The van der Waals surface area contributed by atoms with Gasteiger partial charge in [0.1, 0.15) is 6.23 Å². The summed E-state index contributed by atoms with van der Waals surface area (Å²) < 4.78 is 6.27. The van der Waals surface area contributed by atoms with Crippen molar-refractivity contribution in [2.75, 3.05) is 13.2 Å². The second kappa shape index (κ2) is 5.30. The van der Waals surface area contributed by atoms with Crippen molar-refractivity contribution in [3.8, 4) is 0 Å². The molecule has 3 nitrogen and oxygen atoms in total. The van der Waals surface area contributed by atoms with Crippen molar-refractivity contribution in [1.82, 2.24) is 4.90 Å². The van der Waals surface area contributed by atoms with Crippen molar-refractivity contribution in [3.63, 3.8) is 0 Å². The molecule has 0 unspecified atom stereocenters. The zero-order valence-corrected chi connectivity index (χ0v) is 13.7. The van der Waals surface area contributed by atoms with Gasteiger partial charge in [-0.05, 0) is 61.8 Å². The summed E-state index contributed by atoms with van der Waals surface area (Å²) in [6, 6.07) is 10.6. The van der Waals surface area contributed by atoms with Gasteiger partial charge in [-0.25, -0.2) is 0 Å². The number of benzene rings is 1. The highest BCUT2D eigenvalue weighted by atomic mass is 16.5. The van der Waals surface area contributed by atoms with Gasteiger partial charge in [-0.3, -0.25) is 4.90 Å². The topological polar surface area (TPSA) is 32.7 Å². The largest absolute Gasteiger partial charge is 0.394 e. The van der Waals surface area contributed by atoms with Crippen LogP contribution in [-0.4, -0.2) is 34.8 Å². The fourth-order valence-electron chi connectivity index (χ4n) is 6.45. The van der Waals surface area contributed by atoms with E-state index in [9.17, 15) is 5.11 Å². The number of aliphatic hydroxyl groups is 1. The molecule has 5 fully saturated rings. The summed E-state index contributed by atoms with van der Waals surface area (Å²) >= 11 is 0. The Labute approximate surface area is 138 Å². The third-order valence-corrected chi connectivity index (χ3v) is 6.91. The van der Waals surface area contributed by atoms with Gasteiger partial charge in [-0.15, -0.1) is 0 Å². The van der Waals surface area contributed by atoms with Gasteiger partial charge in [0.15, 0.2) is 0 Å². The van der Waals surface area contributed by atoms with E-state index < -0.39 is 0 Å². The van der Waals surface area contributed by atoms with E-state index in [0.29, 0.717) is 5.54 Å². The third-order valence-electron chi connectivity index (χ3n) is 6.91. The van der Waals surface area contributed by atoms with Gasteiger partial charge >= 0.3 is 0 Å². The fourth-order valence-corrected chi connectivity index (χ4v) is 6.45. The maximum absolute atomic E-state index is 9.68. The molecule has 4 aliphatic carbocycles. The van der Waals surface area contributed by atoms with Crippen molar-refractivity contribution < 1.29 is 9.84 Å². The predicted octanol–water partition coefficient (Wildman–Crippen LogP) is 3.35. The molecule has 0 amide bonds. The van der Waals surface area contributed by atoms with E-state index in [0.717, 1.165) is 24.3 Å². The normalized spacial score (nSPS) is 45.7. The fraction of sp³-hybridized carbons (Fsp3) is 0.700. The van der Waals surface area contributed by atoms with Crippen LogP contribution in [0.25, 0.3) is 0 Å². The van der Waals surface area contributed by atoms with Crippen molar-refractivity contribution in [2.45, 2.75) is 56.4 Å². The molecule has 3 heteroatoms. The molecule has 23 heavy (non-hydrogen) atoms. The van der Waals surface area contributed by atoms with Crippen LogP contribution in [0.4, 0.5) is 0 Å². The minimum atomic E-state index is -0.0341. The molecular formula is C20H27NO2. The summed E-state index contributed by atoms with van der Waals surface area (Å²) in [6.07, 6.45) is 8.45. The SMILES string of the molecule is OC[C@H]1CN(C23CC4CC(CC(C4)C2)C3)[C@H](c2ccccc2)O1. The Morgan fingerprint density at radius 2 is 1.61 bits per heavy atom. The number of ether oxygens (including phenoxy) is 1. The van der Waals surface area contributed by atoms with E-state index in [1.165, 1.54) is 44.1 Å². The van der Waals surface area contributed by atoms with Crippen molar-refractivity contribution >= 4 is 0 Å². The van der Waals surface area contributed by atoms with Crippen LogP contribution < -0.4 is 0 Å². The van der Waals surface area contributed by atoms with Crippen LogP contribution in [0.1, 0.15) is 50.3 Å². The Bertz CT molecular complexity index is 537. The minimum absolute atomic E-state index is 0.0320. The first kappa shape index (κ1) is 14.4. The standard InChI is InChI=1S/C20H27NO2/c22-13-18-12-21(19(23-18)17-4-2-1-3-5-17)20-9-14-6-15(10-20)8-16(7-14)11-20/h1-5,14-16,18-19,22H,6-13H2/t14?,15?,16?,18-,19+,20?/m1/s1. The molecule has 6 rings (SSSR count). The van der Waals surface area contributed by atoms with Gasteiger partial charge in [0.05, 0.1) is 12.7 Å². The van der Waals surface area contributed by atoms with Crippen LogP contribution in [-0.2, 0) is 4.74 Å². The molecule has 4 bridgehead atoms. The molecule has 5 aliphatic rings. The molecule has 4 saturated carbocycles. The molecule has 1 saturated heterocycles. The maximum atomic E-state index is 9.68. The van der Waals surface area contributed by atoms with Gasteiger partial charge in [0.25, 0.3) is 0 Å². The molecule has 1 aliphatic heterocycles. The number of rotatable bonds is 3. The third kappa shape index (κ3) is 2.28. The van der Waals surface area contributed by atoms with Crippen LogP contribution >= 0.6 is 0 Å². The molecule has 1 heterocycles. The zero-order valence-electron chi connectivity index (χ0n) is 13.7. The second-order valence-electron chi connectivity index (χ2n) is 8.50. The Morgan fingerprint density at radius 1 is 1.00 bits per heavy atom. The number of hydrogen-bond acceptors (Lipinski definition) is 3. The first-order chi connectivity index (χ1) is 11.3. The molecular weight excluding hydrogens is 286 g/mol. The van der Waals surface area contributed by atoms with E-state index in [-0.39, 0.29) is 18.9 Å². The summed E-state index contributed by atoms with van der Waals surface area (Å²) in [4.78, 5) is 2.65. The quantitative estimate of drug-likeness (QED) is 0.929. The number of nitrogens with zero attached hydrogens (tertiary/aromatic N) is 1. The molecule has 0 radical (unpaired) electrons. The second-order valence-corrected chi connectivity index (χ2v) is 8.50. The van der Waals surface area contributed by atoms with Crippen molar-refractivity contribution in [1.29, 1.82) is 0 Å². The number of hydrogen-bond donors (Lipinski definition) is 1. The monoisotopic (exact) mass is 313 g/mol. The van der Waals surface area contributed by atoms with E-state index in [1.54, 1.807) is 0 Å². The van der Waals surface area contributed by atoms with Crippen molar-refractivity contribution in [2.24, 2.45) is 17.8 Å². The first-order valence-electron chi connectivity index (χ1n) is 9.34. The van der Waals surface area contributed by atoms with Crippen molar-refractivity contribution in [3.05, 3.63) is 35.9 Å². The average Bonchev–Trinajstić information content (AvgIpc) is 3.00. The Morgan fingerprint density at radius 3 is 2.17 bits per heavy atom. The summed E-state index contributed by atoms with van der Waals surface area (Å²) in [7, 11) is 0. The maximum Gasteiger partial charge on any atom is 0.137 e. The first-order valence-corrected chi connectivity index (χ1v) is 9.34. The van der Waals surface area contributed by atoms with Crippen LogP contribution in [0, 0.1) is 17.8 Å². The van der Waals surface area contributed by atoms with Crippen LogP contribution in [0.2, 0.25) is 0 Å². The van der Waals surface area contributed by atoms with E-state index >= 15 is 0 Å². The summed E-state index contributed by atoms with van der Waals surface area (Å²) in [6.45, 7) is 1.02. The smallest absolute Gasteiger partial charge is 0.137 e. The molecule has 2 atom stereocenters. The minimum Gasteiger partial charge on any atom is -0.394 e. The lowest BCUT2D eigenvalue weighted by Gasteiger charge is -2.60. The molecule has 1 N–H and O–H groups in total. The molecule has 1 aromatic carbocycles. The number of aliphatic hydroxyl groups excluding tert-OH is 1. The summed E-state index contributed by atoms with van der Waals surface area (Å²) in [5.74, 6) is 2.81. The van der Waals surface area contributed by atoms with Crippen LogP contribution in [0.15, 0.2) is 30.3 Å². The zero-order chi connectivity index (χ0) is 15.4. The molecule has 0 spiro atoms. The van der Waals surface area contributed by atoms with E-state index in [2.05, 4.69) is 35.2 Å². The predicted molar refractivity (Wildman–Crippen MR) is 88.8 cm³/mol. The Balaban J connectivity index is 1.50. The average molecular weight is 313 g/mol.